The summed E-state index contributed by atoms with van der Waals surface area (Å²) in [6.45, 7) is 3.16. The van der Waals surface area contributed by atoms with Crippen molar-refractivity contribution in [2.24, 2.45) is 14.1 Å². The molecule has 0 radical (unpaired) electrons. The van der Waals surface area contributed by atoms with Gasteiger partial charge in [-0.2, -0.15) is 10.4 Å². The van der Waals surface area contributed by atoms with Crippen molar-refractivity contribution < 1.29 is 4.39 Å². The molecule has 0 atom stereocenters. The molecule has 4 aromatic rings. The minimum Gasteiger partial charge on any atom is -0.341 e. The number of benzene rings is 2. The fourth-order valence-corrected chi connectivity index (χ4v) is 4.45. The molecule has 0 unspecified atom stereocenters. The average molecular weight is 458 g/mol. The second-order valence-electron chi connectivity index (χ2n) is 8.47. The van der Waals surface area contributed by atoms with E-state index in [1.807, 2.05) is 37.5 Å². The van der Waals surface area contributed by atoms with Crippen molar-refractivity contribution in [2.75, 3.05) is 31.1 Å². The van der Waals surface area contributed by atoms with Gasteiger partial charge in [-0.05, 0) is 42.8 Å². The Labute approximate surface area is 195 Å². The number of anilines is 1. The zero-order chi connectivity index (χ0) is 23.8. The van der Waals surface area contributed by atoms with E-state index in [2.05, 4.69) is 15.3 Å². The average Bonchev–Trinajstić information content (AvgIpc) is 3.01. The maximum absolute atomic E-state index is 14.6. The quantitative estimate of drug-likeness (QED) is 0.509. The summed E-state index contributed by atoms with van der Waals surface area (Å²) in [4.78, 5) is 20.8. The van der Waals surface area contributed by atoms with Crippen molar-refractivity contribution in [1.82, 2.24) is 24.6 Å². The summed E-state index contributed by atoms with van der Waals surface area (Å²) < 4.78 is 17.9. The maximum Gasteiger partial charge on any atom is 0.263 e. The number of aromatic nitrogens is 4. The zero-order valence-electron chi connectivity index (χ0n) is 19.0. The fraction of sp³-hybridized carbons (Fsp3) is 0.280. The van der Waals surface area contributed by atoms with E-state index >= 15 is 0 Å². The van der Waals surface area contributed by atoms with E-state index in [4.69, 9.17) is 10.2 Å². The number of nitrogens with zero attached hydrogens (tertiary/aromatic N) is 6. The maximum atomic E-state index is 14.6. The van der Waals surface area contributed by atoms with Crippen LogP contribution in [0.25, 0.3) is 33.3 Å². The standard InChI is InChI=1S/C25H24FN7O/c1-31-15-19-12-16(6-7-21(19)30-31)22-23(17-4-5-18(14-27)20(26)13-17)29-25(32(2)24(22)34)33-10-3-8-28-9-11-33/h4-7,12-13,15,28H,3,8-11H2,1-2H3. The molecular formula is C25H24FN7O. The van der Waals surface area contributed by atoms with Crippen LogP contribution in [0.2, 0.25) is 0 Å². The normalized spacial score (nSPS) is 14.2. The fourth-order valence-electron chi connectivity index (χ4n) is 4.45. The molecular weight excluding hydrogens is 433 g/mol. The first-order valence-corrected chi connectivity index (χ1v) is 11.2. The van der Waals surface area contributed by atoms with E-state index in [0.29, 0.717) is 34.9 Å². The predicted molar refractivity (Wildman–Crippen MR) is 129 cm³/mol. The Morgan fingerprint density at radius 3 is 2.71 bits per heavy atom. The van der Waals surface area contributed by atoms with Crippen molar-refractivity contribution in [3.63, 3.8) is 0 Å². The highest BCUT2D eigenvalue weighted by Gasteiger charge is 2.23. The molecule has 1 fully saturated rings. The van der Waals surface area contributed by atoms with Crippen LogP contribution in [0.1, 0.15) is 12.0 Å². The summed E-state index contributed by atoms with van der Waals surface area (Å²) in [6.07, 6.45) is 2.81. The van der Waals surface area contributed by atoms with Crippen molar-refractivity contribution in [1.29, 1.82) is 5.26 Å². The molecule has 1 saturated heterocycles. The van der Waals surface area contributed by atoms with Crippen LogP contribution in [-0.2, 0) is 14.1 Å². The Morgan fingerprint density at radius 1 is 1.09 bits per heavy atom. The van der Waals surface area contributed by atoms with Gasteiger partial charge in [0, 0.05) is 50.9 Å². The molecule has 3 heterocycles. The van der Waals surface area contributed by atoms with Gasteiger partial charge in [-0.3, -0.25) is 14.0 Å². The van der Waals surface area contributed by atoms with Crippen molar-refractivity contribution >= 4 is 16.9 Å². The molecule has 2 aromatic heterocycles. The zero-order valence-corrected chi connectivity index (χ0v) is 19.0. The van der Waals surface area contributed by atoms with Gasteiger partial charge >= 0.3 is 0 Å². The smallest absolute Gasteiger partial charge is 0.263 e. The van der Waals surface area contributed by atoms with E-state index in [0.717, 1.165) is 37.0 Å². The van der Waals surface area contributed by atoms with Crippen molar-refractivity contribution in [2.45, 2.75) is 6.42 Å². The first kappa shape index (κ1) is 21.8. The SMILES string of the molecule is Cn1cc2cc(-c3c(-c4ccc(C#N)c(F)c4)nc(N4CCCNCC4)n(C)c3=O)ccc2n1. The third-order valence-electron chi connectivity index (χ3n) is 6.16. The first-order valence-electron chi connectivity index (χ1n) is 11.2. The highest BCUT2D eigenvalue weighted by Crippen LogP contribution is 2.32. The highest BCUT2D eigenvalue weighted by molar-refractivity contribution is 5.88. The molecule has 9 heteroatoms. The van der Waals surface area contributed by atoms with Crippen LogP contribution < -0.4 is 15.8 Å². The lowest BCUT2D eigenvalue weighted by molar-refractivity contribution is 0.624. The largest absolute Gasteiger partial charge is 0.341 e. The van der Waals surface area contributed by atoms with Crippen LogP contribution in [0.4, 0.5) is 10.3 Å². The lowest BCUT2D eigenvalue weighted by Crippen LogP contribution is -2.35. The summed E-state index contributed by atoms with van der Waals surface area (Å²) in [5.41, 5.74) is 2.45. The van der Waals surface area contributed by atoms with Gasteiger partial charge < -0.3 is 10.2 Å². The van der Waals surface area contributed by atoms with Crippen LogP contribution in [0.3, 0.4) is 0 Å². The third kappa shape index (κ3) is 3.82. The molecule has 0 amide bonds. The van der Waals surface area contributed by atoms with Gasteiger partial charge in [0.1, 0.15) is 11.9 Å². The van der Waals surface area contributed by atoms with E-state index in [1.54, 1.807) is 22.4 Å². The molecule has 5 rings (SSSR count). The van der Waals surface area contributed by atoms with E-state index in [9.17, 15) is 9.18 Å². The molecule has 2 aromatic carbocycles. The molecule has 0 spiro atoms. The second kappa shape index (κ2) is 8.72. The summed E-state index contributed by atoms with van der Waals surface area (Å²) in [5.74, 6) is -0.101. The topological polar surface area (TPSA) is 91.8 Å². The minimum absolute atomic E-state index is 0.0512. The summed E-state index contributed by atoms with van der Waals surface area (Å²) in [5, 5.41) is 17.8. The Hall–Kier alpha value is -4.03. The number of nitriles is 1. The number of hydrogen-bond donors (Lipinski definition) is 1. The van der Waals surface area contributed by atoms with Gasteiger partial charge in [-0.1, -0.05) is 12.1 Å². The van der Waals surface area contributed by atoms with Crippen LogP contribution in [0.5, 0.6) is 0 Å². The third-order valence-corrected chi connectivity index (χ3v) is 6.16. The summed E-state index contributed by atoms with van der Waals surface area (Å²) in [7, 11) is 3.56. The Bertz CT molecular complexity index is 1490. The summed E-state index contributed by atoms with van der Waals surface area (Å²) >= 11 is 0. The van der Waals surface area contributed by atoms with E-state index in [-0.39, 0.29) is 11.1 Å². The van der Waals surface area contributed by atoms with Crippen LogP contribution in [-0.4, -0.2) is 45.5 Å². The first-order chi connectivity index (χ1) is 16.5. The Morgan fingerprint density at radius 2 is 1.91 bits per heavy atom. The molecule has 0 bridgehead atoms. The van der Waals surface area contributed by atoms with E-state index in [1.165, 1.54) is 12.1 Å². The van der Waals surface area contributed by atoms with Gasteiger partial charge in [0.15, 0.2) is 0 Å². The molecule has 1 aliphatic heterocycles. The molecule has 34 heavy (non-hydrogen) atoms. The van der Waals surface area contributed by atoms with Gasteiger partial charge in [0.05, 0.1) is 22.3 Å². The minimum atomic E-state index is -0.642. The number of hydrogen-bond acceptors (Lipinski definition) is 6. The predicted octanol–water partition coefficient (Wildman–Crippen LogP) is 2.81. The monoisotopic (exact) mass is 457 g/mol. The van der Waals surface area contributed by atoms with E-state index < -0.39 is 5.82 Å². The lowest BCUT2D eigenvalue weighted by Gasteiger charge is -2.25. The van der Waals surface area contributed by atoms with Gasteiger partial charge in [-0.15, -0.1) is 0 Å². The molecule has 1 aliphatic rings. The number of halogens is 1. The van der Waals surface area contributed by atoms with Gasteiger partial charge in [-0.25, -0.2) is 9.37 Å². The van der Waals surface area contributed by atoms with Crippen LogP contribution in [0.15, 0.2) is 47.4 Å². The molecule has 172 valence electrons. The number of aryl methyl sites for hydroxylation is 1. The van der Waals surface area contributed by atoms with Crippen LogP contribution in [0, 0.1) is 17.1 Å². The van der Waals surface area contributed by atoms with Gasteiger partial charge in [0.25, 0.3) is 5.56 Å². The van der Waals surface area contributed by atoms with Crippen LogP contribution >= 0.6 is 0 Å². The Balaban J connectivity index is 1.76. The molecule has 0 aliphatic carbocycles. The van der Waals surface area contributed by atoms with Gasteiger partial charge in [0.2, 0.25) is 5.95 Å². The number of rotatable bonds is 3. The Kier molecular flexibility index (Phi) is 5.59. The van der Waals surface area contributed by atoms with Crippen molar-refractivity contribution in [3.8, 4) is 28.5 Å². The number of fused-ring (bicyclic) bond motifs is 1. The molecule has 0 saturated carbocycles. The molecule has 1 N–H and O–H groups in total. The lowest BCUT2D eigenvalue weighted by atomic mass is 9.98. The van der Waals surface area contributed by atoms with Crippen molar-refractivity contribution in [3.05, 3.63) is 64.3 Å². The number of nitrogens with one attached hydrogen (secondary N) is 1. The highest BCUT2D eigenvalue weighted by atomic mass is 19.1. The molecule has 8 nitrogen and oxygen atoms in total. The second-order valence-corrected chi connectivity index (χ2v) is 8.47. The summed E-state index contributed by atoms with van der Waals surface area (Å²) in [6, 6.07) is 11.8.